The van der Waals surface area contributed by atoms with Crippen LogP contribution in [0.15, 0.2) is 29.3 Å². The highest BCUT2D eigenvalue weighted by Gasteiger charge is 2.33. The predicted octanol–water partition coefficient (Wildman–Crippen LogP) is -2.11. The first-order valence-corrected chi connectivity index (χ1v) is 12.1. The third-order valence-electron chi connectivity index (χ3n) is 5.60. The van der Waals surface area contributed by atoms with Gasteiger partial charge in [0.15, 0.2) is 5.96 Å². The quantitative estimate of drug-likeness (QED) is 0.0668. The number of carbonyl (C=O) groups excluding carboxylic acids is 3. The summed E-state index contributed by atoms with van der Waals surface area (Å²) >= 11 is 0. The van der Waals surface area contributed by atoms with Crippen LogP contribution in [-0.2, 0) is 25.6 Å². The van der Waals surface area contributed by atoms with Crippen LogP contribution in [0.3, 0.4) is 0 Å². The molecule has 0 aliphatic carbocycles. The molecule has 0 saturated heterocycles. The van der Waals surface area contributed by atoms with Gasteiger partial charge in [-0.3, -0.25) is 19.4 Å². The van der Waals surface area contributed by atoms with Gasteiger partial charge in [-0.15, -0.1) is 0 Å². The largest absolute Gasteiger partial charge is 0.508 e. The number of aliphatic hydroxyl groups is 1. The Morgan fingerprint density at radius 1 is 0.921 bits per heavy atom. The summed E-state index contributed by atoms with van der Waals surface area (Å²) in [6, 6.07) is 1.13. The average Bonchev–Trinajstić information content (AvgIpc) is 2.82. The third-order valence-corrected chi connectivity index (χ3v) is 5.60. The Balaban J connectivity index is 2.97. The number of aliphatic carboxylic acids is 1. The fourth-order valence-corrected chi connectivity index (χ4v) is 3.45. The number of aromatic hydroxyl groups is 1. The molecule has 0 aromatic heterocycles. The van der Waals surface area contributed by atoms with E-state index < -0.39 is 59.9 Å². The normalized spacial score (nSPS) is 14.9. The zero-order valence-corrected chi connectivity index (χ0v) is 21.8. The van der Waals surface area contributed by atoms with Crippen molar-refractivity contribution in [2.75, 3.05) is 6.54 Å². The van der Waals surface area contributed by atoms with Crippen LogP contribution >= 0.6 is 0 Å². The van der Waals surface area contributed by atoms with Gasteiger partial charge in [0, 0.05) is 6.54 Å². The van der Waals surface area contributed by atoms with Gasteiger partial charge >= 0.3 is 5.97 Å². The summed E-state index contributed by atoms with van der Waals surface area (Å²) in [6.45, 7) is 4.66. The Morgan fingerprint density at radius 3 is 2.00 bits per heavy atom. The van der Waals surface area contributed by atoms with Crippen molar-refractivity contribution in [3.05, 3.63) is 29.8 Å². The second kappa shape index (κ2) is 15.4. The minimum atomic E-state index is -1.46. The Hall–Kier alpha value is -3.91. The highest BCUT2D eigenvalue weighted by Crippen LogP contribution is 2.11. The molecule has 1 aromatic rings. The minimum Gasteiger partial charge on any atom is -0.508 e. The number of aliphatic imine (C=N–C) groups is 1. The van der Waals surface area contributed by atoms with E-state index in [1.807, 2.05) is 0 Å². The van der Waals surface area contributed by atoms with Crippen LogP contribution in [-0.4, -0.2) is 81.8 Å². The molecule has 0 heterocycles. The molecule has 0 aliphatic rings. The third kappa shape index (κ3) is 11.0. The number of nitrogens with zero attached hydrogens (tertiary/aromatic N) is 1. The SMILES string of the molecule is CC(C)C(NC(=O)C(CCCN=C(N)N)NC(=O)C(NC(=O)C(N)Cc1ccc(O)cc1)C(C)O)C(=O)O. The van der Waals surface area contributed by atoms with Crippen LogP contribution in [0.25, 0.3) is 0 Å². The van der Waals surface area contributed by atoms with E-state index in [0.29, 0.717) is 5.56 Å². The first kappa shape index (κ1) is 32.1. The molecule has 38 heavy (non-hydrogen) atoms. The summed E-state index contributed by atoms with van der Waals surface area (Å²) in [4.78, 5) is 54.0. The first-order valence-electron chi connectivity index (χ1n) is 12.1. The molecular weight excluding hydrogens is 498 g/mol. The second-order valence-electron chi connectivity index (χ2n) is 9.28. The summed E-state index contributed by atoms with van der Waals surface area (Å²) < 4.78 is 0. The number of phenols is 1. The molecule has 14 heteroatoms. The van der Waals surface area contributed by atoms with Crippen LogP contribution in [0, 0.1) is 5.92 Å². The van der Waals surface area contributed by atoms with E-state index in [9.17, 15) is 34.5 Å². The van der Waals surface area contributed by atoms with Gasteiger partial charge < -0.3 is 48.5 Å². The molecule has 12 N–H and O–H groups in total. The van der Waals surface area contributed by atoms with Gasteiger partial charge in [-0.05, 0) is 49.8 Å². The molecule has 0 aliphatic heterocycles. The van der Waals surface area contributed by atoms with Crippen LogP contribution in [0.5, 0.6) is 5.75 Å². The lowest BCUT2D eigenvalue weighted by atomic mass is 10.0. The fraction of sp³-hybridized carbons (Fsp3) is 0.542. The Bertz CT molecular complexity index is 979. The number of guanidine groups is 1. The molecule has 14 nitrogen and oxygen atoms in total. The maximum atomic E-state index is 13.0. The lowest BCUT2D eigenvalue weighted by Gasteiger charge is -2.27. The number of carboxylic acid groups (broad SMARTS) is 1. The summed E-state index contributed by atoms with van der Waals surface area (Å²) in [5.41, 5.74) is 17.2. The van der Waals surface area contributed by atoms with E-state index >= 15 is 0 Å². The van der Waals surface area contributed by atoms with E-state index in [0.717, 1.165) is 0 Å². The number of carboxylic acids is 1. The van der Waals surface area contributed by atoms with Crippen molar-refractivity contribution >= 4 is 29.7 Å². The summed E-state index contributed by atoms with van der Waals surface area (Å²) in [7, 11) is 0. The Kier molecular flexibility index (Phi) is 13.0. The maximum absolute atomic E-state index is 13.0. The lowest BCUT2D eigenvalue weighted by molar-refractivity contribution is -0.143. The number of phenolic OH excluding ortho intramolecular Hbond substituents is 1. The van der Waals surface area contributed by atoms with Crippen molar-refractivity contribution in [2.24, 2.45) is 28.1 Å². The van der Waals surface area contributed by atoms with E-state index in [1.54, 1.807) is 26.0 Å². The van der Waals surface area contributed by atoms with Gasteiger partial charge in [0.1, 0.15) is 23.9 Å². The van der Waals surface area contributed by atoms with Gasteiger partial charge in [-0.1, -0.05) is 26.0 Å². The van der Waals surface area contributed by atoms with Gasteiger partial charge in [0.05, 0.1) is 12.1 Å². The number of hydrogen-bond acceptors (Lipinski definition) is 8. The average molecular weight is 538 g/mol. The minimum absolute atomic E-state index is 0.0413. The molecule has 1 rings (SSSR count). The van der Waals surface area contributed by atoms with Gasteiger partial charge in [0.25, 0.3) is 0 Å². The number of hydrogen-bond donors (Lipinski definition) is 9. The van der Waals surface area contributed by atoms with E-state index in [4.69, 9.17) is 17.2 Å². The van der Waals surface area contributed by atoms with Crippen molar-refractivity contribution in [1.82, 2.24) is 16.0 Å². The first-order chi connectivity index (χ1) is 17.7. The zero-order chi connectivity index (χ0) is 29.0. The zero-order valence-electron chi connectivity index (χ0n) is 21.8. The number of amides is 3. The maximum Gasteiger partial charge on any atom is 0.326 e. The molecule has 3 amide bonds. The van der Waals surface area contributed by atoms with Crippen molar-refractivity contribution in [3.63, 3.8) is 0 Å². The smallest absolute Gasteiger partial charge is 0.326 e. The fourth-order valence-electron chi connectivity index (χ4n) is 3.45. The number of nitrogens with two attached hydrogens (primary N) is 3. The summed E-state index contributed by atoms with van der Waals surface area (Å²) in [5, 5.41) is 36.3. The molecule has 1 aromatic carbocycles. The van der Waals surface area contributed by atoms with E-state index in [-0.39, 0.29) is 37.5 Å². The highest BCUT2D eigenvalue weighted by molar-refractivity contribution is 5.94. The standard InChI is InChI=1S/C24H39N7O7/c1-12(2)18(23(37)38)30-21(35)17(5-4-10-28-24(26)27)29-22(36)19(13(3)32)31-20(34)16(25)11-14-6-8-15(33)9-7-14/h6-9,12-13,16-19,32-33H,4-5,10-11,25H2,1-3H3,(H,29,36)(H,30,35)(H,31,34)(H,37,38)(H4,26,27,28). The van der Waals surface area contributed by atoms with Crippen LogP contribution in [0.4, 0.5) is 0 Å². The highest BCUT2D eigenvalue weighted by atomic mass is 16.4. The van der Waals surface area contributed by atoms with Crippen molar-refractivity contribution in [2.45, 2.75) is 70.3 Å². The van der Waals surface area contributed by atoms with Crippen LogP contribution in [0.2, 0.25) is 0 Å². The monoisotopic (exact) mass is 537 g/mol. The molecule has 5 unspecified atom stereocenters. The molecular formula is C24H39N7O7. The molecule has 5 atom stereocenters. The Morgan fingerprint density at radius 2 is 1.50 bits per heavy atom. The number of rotatable bonds is 15. The summed E-state index contributed by atoms with van der Waals surface area (Å²) in [6.07, 6.45) is -0.951. The topological polar surface area (TPSA) is 255 Å². The van der Waals surface area contributed by atoms with Crippen molar-refractivity contribution in [3.8, 4) is 5.75 Å². The predicted molar refractivity (Wildman–Crippen MR) is 140 cm³/mol. The van der Waals surface area contributed by atoms with Crippen LogP contribution in [0.1, 0.15) is 39.2 Å². The van der Waals surface area contributed by atoms with Crippen molar-refractivity contribution < 1.29 is 34.5 Å². The van der Waals surface area contributed by atoms with E-state index in [1.165, 1.54) is 19.1 Å². The summed E-state index contributed by atoms with van der Waals surface area (Å²) in [5.74, 6) is -4.13. The second-order valence-corrected chi connectivity index (χ2v) is 9.28. The molecule has 212 valence electrons. The van der Waals surface area contributed by atoms with Gasteiger partial charge in [0.2, 0.25) is 17.7 Å². The molecule has 0 bridgehead atoms. The van der Waals surface area contributed by atoms with Crippen LogP contribution < -0.4 is 33.2 Å². The molecule has 0 spiro atoms. The Labute approximate surface area is 221 Å². The number of aliphatic hydroxyl groups excluding tert-OH is 1. The molecule has 0 saturated carbocycles. The van der Waals surface area contributed by atoms with Gasteiger partial charge in [-0.2, -0.15) is 0 Å². The number of nitrogens with one attached hydrogen (secondary N) is 3. The van der Waals surface area contributed by atoms with Crippen molar-refractivity contribution in [1.29, 1.82) is 0 Å². The van der Waals surface area contributed by atoms with E-state index in [2.05, 4.69) is 20.9 Å². The molecule has 0 radical (unpaired) electrons. The molecule has 0 fully saturated rings. The van der Waals surface area contributed by atoms with Gasteiger partial charge in [-0.25, -0.2) is 4.79 Å². The number of benzene rings is 1. The lowest BCUT2D eigenvalue weighted by Crippen LogP contribution is -2.60. The number of carbonyl (C=O) groups is 4.